The van der Waals surface area contributed by atoms with Crippen LogP contribution in [0.2, 0.25) is 0 Å². The summed E-state index contributed by atoms with van der Waals surface area (Å²) in [7, 11) is 0. The summed E-state index contributed by atoms with van der Waals surface area (Å²) in [5.41, 5.74) is 0.630. The van der Waals surface area contributed by atoms with Crippen molar-refractivity contribution in [3.8, 4) is 22.8 Å². The van der Waals surface area contributed by atoms with Gasteiger partial charge in [-0.15, -0.1) is 0 Å². The molecule has 0 aliphatic heterocycles. The lowest BCUT2D eigenvalue weighted by Gasteiger charge is -2.08. The third-order valence-corrected chi connectivity index (χ3v) is 5.36. The van der Waals surface area contributed by atoms with E-state index < -0.39 is 22.1 Å². The van der Waals surface area contributed by atoms with Crippen molar-refractivity contribution in [2.45, 2.75) is 18.2 Å². The Hall–Kier alpha value is -2.20. The number of alkyl halides is 1. The van der Waals surface area contributed by atoms with E-state index in [1.54, 1.807) is 0 Å². The van der Waals surface area contributed by atoms with E-state index in [0.29, 0.717) is 12.0 Å². The Kier molecular flexibility index (Phi) is 6.50. The van der Waals surface area contributed by atoms with Crippen molar-refractivity contribution in [2.24, 2.45) is 0 Å². The summed E-state index contributed by atoms with van der Waals surface area (Å²) >= 11 is 1.29. The van der Waals surface area contributed by atoms with E-state index in [1.807, 2.05) is 42.5 Å². The molecule has 0 bridgehead atoms. The summed E-state index contributed by atoms with van der Waals surface area (Å²) in [6, 6.07) is 13.4. The third kappa shape index (κ3) is 4.61. The van der Waals surface area contributed by atoms with Gasteiger partial charge in [-0.1, -0.05) is 52.3 Å². The van der Waals surface area contributed by atoms with Gasteiger partial charge in [0.25, 0.3) is 0 Å². The van der Waals surface area contributed by atoms with Crippen molar-refractivity contribution in [3.63, 3.8) is 0 Å². The Bertz CT molecular complexity index is 1030. The summed E-state index contributed by atoms with van der Waals surface area (Å²) in [5.74, 6) is -0.537. The summed E-state index contributed by atoms with van der Waals surface area (Å²) in [6.45, 7) is 1.43. The van der Waals surface area contributed by atoms with Gasteiger partial charge in [0.05, 0.1) is 4.83 Å². The number of carbonyl (C=O) groups is 1. The molecule has 0 saturated carbocycles. The molecule has 1 heterocycles. The van der Waals surface area contributed by atoms with Crippen LogP contribution in [0, 0.1) is 0 Å². The van der Waals surface area contributed by atoms with E-state index in [-0.39, 0.29) is 29.6 Å². The minimum atomic E-state index is -2.13. The lowest BCUT2D eigenvalue weighted by molar-refractivity contribution is -0.132. The number of ether oxygens (including phenoxy) is 1. The van der Waals surface area contributed by atoms with Crippen molar-refractivity contribution < 1.29 is 27.8 Å². The first-order chi connectivity index (χ1) is 13.4. The average molecular weight is 468 g/mol. The van der Waals surface area contributed by atoms with Crippen molar-refractivity contribution in [2.75, 3.05) is 6.54 Å². The zero-order chi connectivity index (χ0) is 20.3. The van der Waals surface area contributed by atoms with Crippen LogP contribution >= 0.6 is 15.9 Å². The molecular formula is C19H18BrNO6S. The Morgan fingerprint density at radius 3 is 2.68 bits per heavy atom. The van der Waals surface area contributed by atoms with Crippen molar-refractivity contribution in [1.29, 1.82) is 0 Å². The molecule has 0 amide bonds. The molecule has 2 unspecified atom stereocenters. The van der Waals surface area contributed by atoms with Gasteiger partial charge in [0, 0.05) is 19.0 Å². The maximum absolute atomic E-state index is 11.5. The smallest absolute Gasteiger partial charge is 0.308 e. The van der Waals surface area contributed by atoms with Crippen LogP contribution in [-0.4, -0.2) is 26.4 Å². The molecule has 0 aliphatic carbocycles. The molecule has 148 valence electrons. The van der Waals surface area contributed by atoms with Crippen LogP contribution in [0.25, 0.3) is 22.1 Å². The normalized spacial score (nSPS) is 13.4. The van der Waals surface area contributed by atoms with Gasteiger partial charge in [-0.05, 0) is 23.3 Å². The SMILES string of the molecule is CC(=O)Oc1c(C(Br)CCNS(=O)O)oc(-c2ccc3ccccc3c2)c1O. The number of rotatable bonds is 7. The third-order valence-electron chi connectivity index (χ3n) is 4.03. The topological polar surface area (TPSA) is 109 Å². The second-order valence-electron chi connectivity index (χ2n) is 6.03. The predicted molar refractivity (Wildman–Crippen MR) is 110 cm³/mol. The molecule has 28 heavy (non-hydrogen) atoms. The average Bonchev–Trinajstić information content (AvgIpc) is 2.97. The zero-order valence-electron chi connectivity index (χ0n) is 14.8. The Balaban J connectivity index is 2.00. The summed E-state index contributed by atoms with van der Waals surface area (Å²) in [6.07, 6.45) is 0.352. The molecule has 0 spiro atoms. The second kappa shape index (κ2) is 8.87. The highest BCUT2D eigenvalue weighted by Gasteiger charge is 2.28. The fourth-order valence-electron chi connectivity index (χ4n) is 2.80. The van der Waals surface area contributed by atoms with Gasteiger partial charge in [0.2, 0.25) is 22.8 Å². The highest BCUT2D eigenvalue weighted by atomic mass is 79.9. The highest BCUT2D eigenvalue weighted by molar-refractivity contribution is 9.09. The first kappa shape index (κ1) is 20.5. The van der Waals surface area contributed by atoms with Crippen molar-refractivity contribution >= 4 is 43.9 Å². The number of aromatic hydroxyl groups is 1. The van der Waals surface area contributed by atoms with E-state index in [4.69, 9.17) is 13.7 Å². The van der Waals surface area contributed by atoms with Crippen molar-refractivity contribution in [3.05, 3.63) is 48.2 Å². The molecule has 0 saturated heterocycles. The van der Waals surface area contributed by atoms with E-state index in [9.17, 15) is 14.1 Å². The number of esters is 1. The van der Waals surface area contributed by atoms with Gasteiger partial charge in [0.1, 0.15) is 0 Å². The molecule has 0 aliphatic rings. The highest BCUT2D eigenvalue weighted by Crippen LogP contribution is 2.48. The predicted octanol–water partition coefficient (Wildman–Crippen LogP) is 4.28. The monoisotopic (exact) mass is 467 g/mol. The Morgan fingerprint density at radius 2 is 2.00 bits per heavy atom. The standard InChI is InChI=1S/C19H18BrNO6S/c1-11(22)26-19-16(23)17(27-18(19)15(20)8-9-21-28(24)25)14-7-6-12-4-2-3-5-13(12)10-14/h2-7,10,15,21,23H,8-9H2,1H3,(H,24,25). The van der Waals surface area contributed by atoms with Gasteiger partial charge < -0.3 is 14.3 Å². The van der Waals surface area contributed by atoms with E-state index in [1.165, 1.54) is 6.92 Å². The molecule has 0 radical (unpaired) electrons. The van der Waals surface area contributed by atoms with Crippen LogP contribution in [0.3, 0.4) is 0 Å². The number of hydrogen-bond acceptors (Lipinski definition) is 5. The maximum Gasteiger partial charge on any atom is 0.308 e. The van der Waals surface area contributed by atoms with Crippen molar-refractivity contribution in [1.82, 2.24) is 4.72 Å². The summed E-state index contributed by atoms with van der Waals surface area (Å²) in [4.78, 5) is 11.0. The minimum absolute atomic E-state index is 0.0670. The fourth-order valence-corrected chi connectivity index (χ4v) is 3.63. The Labute approximate surface area is 172 Å². The zero-order valence-corrected chi connectivity index (χ0v) is 17.2. The minimum Gasteiger partial charge on any atom is -0.502 e. The quantitative estimate of drug-likeness (QED) is 0.271. The van der Waals surface area contributed by atoms with Gasteiger partial charge in [-0.3, -0.25) is 9.35 Å². The van der Waals surface area contributed by atoms with Crippen LogP contribution in [0.15, 0.2) is 46.9 Å². The van der Waals surface area contributed by atoms with Gasteiger partial charge in [0.15, 0.2) is 11.5 Å². The maximum atomic E-state index is 11.5. The number of carbonyl (C=O) groups excluding carboxylic acids is 1. The van der Waals surface area contributed by atoms with E-state index in [0.717, 1.165) is 10.8 Å². The van der Waals surface area contributed by atoms with Crippen LogP contribution in [0.4, 0.5) is 0 Å². The van der Waals surface area contributed by atoms with Crippen LogP contribution in [0.5, 0.6) is 11.5 Å². The van der Waals surface area contributed by atoms with Crippen LogP contribution < -0.4 is 9.46 Å². The number of furan rings is 1. The molecular weight excluding hydrogens is 450 g/mol. The first-order valence-corrected chi connectivity index (χ1v) is 10.4. The molecule has 3 N–H and O–H groups in total. The molecule has 2 aromatic carbocycles. The first-order valence-electron chi connectivity index (χ1n) is 8.38. The fraction of sp³-hybridized carbons (Fsp3) is 0.211. The number of nitrogens with one attached hydrogen (secondary N) is 1. The number of hydrogen-bond donors (Lipinski definition) is 3. The molecule has 3 aromatic rings. The lowest BCUT2D eigenvalue weighted by Crippen LogP contribution is -2.18. The van der Waals surface area contributed by atoms with Gasteiger partial charge in [-0.25, -0.2) is 8.93 Å². The van der Waals surface area contributed by atoms with E-state index in [2.05, 4.69) is 20.7 Å². The largest absolute Gasteiger partial charge is 0.502 e. The number of halogens is 1. The summed E-state index contributed by atoms with van der Waals surface area (Å²) in [5, 5.41) is 12.7. The molecule has 7 nitrogen and oxygen atoms in total. The molecule has 3 rings (SSSR count). The Morgan fingerprint density at radius 1 is 1.29 bits per heavy atom. The molecule has 0 fully saturated rings. The van der Waals surface area contributed by atoms with Crippen LogP contribution in [-0.2, 0) is 16.1 Å². The second-order valence-corrected chi connectivity index (χ2v) is 7.92. The van der Waals surface area contributed by atoms with E-state index >= 15 is 0 Å². The molecule has 1 aromatic heterocycles. The molecule has 2 atom stereocenters. The number of benzene rings is 2. The lowest BCUT2D eigenvalue weighted by atomic mass is 10.1. The van der Waals surface area contributed by atoms with Crippen LogP contribution in [0.1, 0.15) is 23.9 Å². The number of fused-ring (bicyclic) bond motifs is 1. The van der Waals surface area contributed by atoms with Gasteiger partial charge in [-0.2, -0.15) is 0 Å². The molecule has 9 heteroatoms. The summed E-state index contributed by atoms with van der Waals surface area (Å²) < 4.78 is 32.9. The van der Waals surface area contributed by atoms with Gasteiger partial charge >= 0.3 is 5.97 Å².